The molecule has 0 heterocycles. The molecule has 0 atom stereocenters. The van der Waals surface area contributed by atoms with Crippen molar-refractivity contribution in [1.82, 2.24) is 20.9 Å². The van der Waals surface area contributed by atoms with E-state index in [1.54, 1.807) is 26.6 Å². The molecule has 10 nitrogen and oxygen atoms in total. The molecule has 0 radical (unpaired) electrons. The zero-order chi connectivity index (χ0) is 24.8. The minimum atomic E-state index is -0.224. The monoisotopic (exact) mass is 468 g/mol. The molecule has 0 bridgehead atoms. The molecular weight excluding hydrogens is 436 g/mol. The molecule has 182 valence electrons. The van der Waals surface area contributed by atoms with Crippen LogP contribution in [0.2, 0.25) is 0 Å². The Morgan fingerprint density at radius 1 is 0.824 bits per heavy atom. The standard InChI is InChI=1S/C24H32N6O4/c1-29(2)30(13-11-23(31)27-25-17-19-7-5-9-21(15-19)33-3)14-12-24(32)28-26-18-20-8-6-10-22(16-20)34-4/h5-10,15-18H,11-14H2,1-4H3,(H,27,31)(H,28,32)/b25-17+,26-18?. The Bertz CT molecular complexity index is 917. The van der Waals surface area contributed by atoms with Crippen molar-refractivity contribution in [2.24, 2.45) is 10.2 Å². The first-order valence-electron chi connectivity index (χ1n) is 10.8. The van der Waals surface area contributed by atoms with Gasteiger partial charge in [0, 0.05) is 40.0 Å². The van der Waals surface area contributed by atoms with Gasteiger partial charge in [-0.3, -0.25) is 9.59 Å². The number of methoxy groups -OCH3 is 2. The highest BCUT2D eigenvalue weighted by atomic mass is 16.5. The van der Waals surface area contributed by atoms with Crippen LogP contribution in [0.5, 0.6) is 11.5 Å². The lowest BCUT2D eigenvalue weighted by Crippen LogP contribution is -2.41. The van der Waals surface area contributed by atoms with E-state index >= 15 is 0 Å². The lowest BCUT2D eigenvalue weighted by atomic mass is 10.2. The van der Waals surface area contributed by atoms with Crippen LogP contribution in [0.15, 0.2) is 58.7 Å². The van der Waals surface area contributed by atoms with Gasteiger partial charge in [0.1, 0.15) is 11.5 Å². The Morgan fingerprint density at radius 2 is 1.26 bits per heavy atom. The van der Waals surface area contributed by atoms with Crippen LogP contribution in [0.1, 0.15) is 24.0 Å². The molecule has 0 aliphatic rings. The Balaban J connectivity index is 1.73. The summed E-state index contributed by atoms with van der Waals surface area (Å²) < 4.78 is 10.3. The largest absolute Gasteiger partial charge is 0.497 e. The van der Waals surface area contributed by atoms with Gasteiger partial charge in [0.25, 0.3) is 0 Å². The number of carbonyl (C=O) groups is 2. The molecule has 34 heavy (non-hydrogen) atoms. The molecule has 0 aliphatic carbocycles. The van der Waals surface area contributed by atoms with Crippen LogP contribution in [0.3, 0.4) is 0 Å². The number of hydrazone groups is 2. The van der Waals surface area contributed by atoms with E-state index < -0.39 is 0 Å². The highest BCUT2D eigenvalue weighted by molar-refractivity contribution is 5.83. The molecule has 2 rings (SSSR count). The zero-order valence-electron chi connectivity index (χ0n) is 20.0. The second-order valence-electron chi connectivity index (χ2n) is 7.44. The van der Waals surface area contributed by atoms with Crippen LogP contribution in [0, 0.1) is 0 Å². The van der Waals surface area contributed by atoms with Gasteiger partial charge in [-0.25, -0.2) is 20.9 Å². The zero-order valence-corrected chi connectivity index (χ0v) is 20.0. The van der Waals surface area contributed by atoms with E-state index in [1.807, 2.05) is 72.6 Å². The van der Waals surface area contributed by atoms with Crippen molar-refractivity contribution < 1.29 is 19.1 Å². The van der Waals surface area contributed by atoms with Crippen molar-refractivity contribution in [3.05, 3.63) is 59.7 Å². The third-order valence-electron chi connectivity index (χ3n) is 4.75. The van der Waals surface area contributed by atoms with E-state index in [9.17, 15) is 9.59 Å². The predicted octanol–water partition coefficient (Wildman–Crippen LogP) is 1.86. The van der Waals surface area contributed by atoms with Crippen LogP contribution in [-0.2, 0) is 9.59 Å². The fourth-order valence-electron chi connectivity index (χ4n) is 2.89. The van der Waals surface area contributed by atoms with Gasteiger partial charge in [-0.1, -0.05) is 24.3 Å². The van der Waals surface area contributed by atoms with Gasteiger partial charge in [0.05, 0.1) is 26.6 Å². The van der Waals surface area contributed by atoms with Gasteiger partial charge < -0.3 is 9.47 Å². The first-order valence-corrected chi connectivity index (χ1v) is 10.8. The lowest BCUT2D eigenvalue weighted by molar-refractivity contribution is -0.123. The fourth-order valence-corrected chi connectivity index (χ4v) is 2.89. The Labute approximate surface area is 200 Å². The normalized spacial score (nSPS) is 11.4. The third-order valence-corrected chi connectivity index (χ3v) is 4.75. The number of benzene rings is 2. The smallest absolute Gasteiger partial charge is 0.241 e. The third kappa shape index (κ3) is 9.80. The van der Waals surface area contributed by atoms with Gasteiger partial charge in [-0.2, -0.15) is 10.2 Å². The Morgan fingerprint density at radius 3 is 1.65 bits per heavy atom. The Kier molecular flexibility index (Phi) is 11.2. The van der Waals surface area contributed by atoms with E-state index in [-0.39, 0.29) is 24.7 Å². The summed E-state index contributed by atoms with van der Waals surface area (Å²) in [7, 11) is 6.90. The number of rotatable bonds is 13. The van der Waals surface area contributed by atoms with Gasteiger partial charge in [-0.15, -0.1) is 0 Å². The topological polar surface area (TPSA) is 108 Å². The van der Waals surface area contributed by atoms with E-state index in [1.165, 1.54) is 0 Å². The quantitative estimate of drug-likeness (QED) is 0.343. The van der Waals surface area contributed by atoms with E-state index in [0.29, 0.717) is 24.6 Å². The van der Waals surface area contributed by atoms with E-state index in [4.69, 9.17) is 9.47 Å². The highest BCUT2D eigenvalue weighted by Crippen LogP contribution is 2.11. The lowest BCUT2D eigenvalue weighted by Gasteiger charge is -2.28. The molecule has 0 saturated heterocycles. The van der Waals surface area contributed by atoms with Crippen LogP contribution < -0.4 is 20.3 Å². The maximum atomic E-state index is 12.1. The number of nitrogens with one attached hydrogen (secondary N) is 2. The summed E-state index contributed by atoms with van der Waals surface area (Å²) in [6, 6.07) is 14.7. The SMILES string of the molecule is COc1cccc(C=NNC(=O)CCN(CCC(=O)N/N=C/c2cccc(OC)c2)N(C)C)c1. The van der Waals surface area contributed by atoms with Crippen LogP contribution in [0.4, 0.5) is 0 Å². The summed E-state index contributed by atoms with van der Waals surface area (Å²) in [5.41, 5.74) is 6.66. The number of hydrogen-bond acceptors (Lipinski definition) is 8. The van der Waals surface area contributed by atoms with Gasteiger partial charge in [0.15, 0.2) is 0 Å². The van der Waals surface area contributed by atoms with Crippen molar-refractivity contribution in [2.75, 3.05) is 41.4 Å². The number of hydrogen-bond donors (Lipinski definition) is 2. The molecule has 10 heteroatoms. The molecule has 0 spiro atoms. The number of ether oxygens (including phenoxy) is 2. The first kappa shape index (κ1) is 26.5. The van der Waals surface area contributed by atoms with Crippen LogP contribution in [0.25, 0.3) is 0 Å². The molecule has 0 aliphatic heterocycles. The summed E-state index contributed by atoms with van der Waals surface area (Å²) >= 11 is 0. The molecule has 2 amide bonds. The van der Waals surface area contributed by atoms with Crippen LogP contribution in [-0.4, -0.2) is 75.7 Å². The maximum absolute atomic E-state index is 12.1. The minimum absolute atomic E-state index is 0.224. The summed E-state index contributed by atoms with van der Waals surface area (Å²) in [6.45, 7) is 0.877. The minimum Gasteiger partial charge on any atom is -0.497 e. The first-order chi connectivity index (χ1) is 16.4. The number of hydrazine groups is 1. The molecule has 2 aromatic rings. The van der Waals surface area contributed by atoms with Crippen molar-refractivity contribution in [2.45, 2.75) is 12.8 Å². The maximum Gasteiger partial charge on any atom is 0.241 e. The predicted molar refractivity (Wildman–Crippen MR) is 132 cm³/mol. The number of nitrogens with zero attached hydrogens (tertiary/aromatic N) is 4. The van der Waals surface area contributed by atoms with E-state index in [0.717, 1.165) is 11.1 Å². The molecule has 2 N–H and O–H groups in total. The number of carbonyl (C=O) groups excluding carboxylic acids is 2. The molecule has 0 unspecified atom stereocenters. The fraction of sp³-hybridized carbons (Fsp3) is 0.333. The summed E-state index contributed by atoms with van der Waals surface area (Å²) in [4.78, 5) is 24.3. The highest BCUT2D eigenvalue weighted by Gasteiger charge is 2.12. The molecule has 0 fully saturated rings. The average Bonchev–Trinajstić information content (AvgIpc) is 2.84. The van der Waals surface area contributed by atoms with Crippen LogP contribution >= 0.6 is 0 Å². The second kappa shape index (κ2) is 14.4. The molecule has 2 aromatic carbocycles. The molecule has 0 aromatic heterocycles. The van der Waals surface area contributed by atoms with Crippen molar-refractivity contribution in [3.63, 3.8) is 0 Å². The second-order valence-corrected chi connectivity index (χ2v) is 7.44. The summed E-state index contributed by atoms with van der Waals surface area (Å²) in [5.74, 6) is 0.982. The summed E-state index contributed by atoms with van der Waals surface area (Å²) in [6.07, 6.45) is 3.56. The van der Waals surface area contributed by atoms with Crippen molar-refractivity contribution >= 4 is 24.2 Å². The van der Waals surface area contributed by atoms with Crippen molar-refractivity contribution in [1.29, 1.82) is 0 Å². The van der Waals surface area contributed by atoms with Gasteiger partial charge in [0.2, 0.25) is 11.8 Å². The summed E-state index contributed by atoms with van der Waals surface area (Å²) in [5, 5.41) is 11.7. The molecule has 0 saturated carbocycles. The molecular formula is C24H32N6O4. The van der Waals surface area contributed by atoms with Crippen molar-refractivity contribution in [3.8, 4) is 11.5 Å². The van der Waals surface area contributed by atoms with E-state index in [2.05, 4.69) is 21.1 Å². The average molecular weight is 469 g/mol. The van der Waals surface area contributed by atoms with Gasteiger partial charge >= 0.3 is 0 Å². The Hall–Kier alpha value is -3.76. The number of amides is 2. The van der Waals surface area contributed by atoms with Gasteiger partial charge in [-0.05, 0) is 35.4 Å².